The first-order chi connectivity index (χ1) is 12.2. The lowest BCUT2D eigenvalue weighted by Crippen LogP contribution is -2.14. The summed E-state index contributed by atoms with van der Waals surface area (Å²) >= 11 is 1.43. The number of aliphatic hydroxyl groups excluding tert-OH is 1. The minimum absolute atomic E-state index is 0.0361. The molecule has 0 saturated heterocycles. The van der Waals surface area contributed by atoms with Gasteiger partial charge < -0.3 is 20.9 Å². The zero-order chi connectivity index (χ0) is 18.1. The molecule has 0 spiro atoms. The van der Waals surface area contributed by atoms with E-state index in [4.69, 9.17) is 15.6 Å². The molecule has 0 bridgehead atoms. The Morgan fingerprint density at radius 1 is 1.40 bits per heavy atom. The van der Waals surface area contributed by atoms with E-state index in [0.29, 0.717) is 12.4 Å². The summed E-state index contributed by atoms with van der Waals surface area (Å²) in [5.74, 6) is 0.828. The van der Waals surface area contributed by atoms with Gasteiger partial charge in [0.25, 0.3) is 5.91 Å². The fourth-order valence-corrected chi connectivity index (χ4v) is 2.39. The number of benzene rings is 1. The van der Waals surface area contributed by atoms with Gasteiger partial charge in [0.15, 0.2) is 0 Å². The van der Waals surface area contributed by atoms with Gasteiger partial charge in [0.2, 0.25) is 5.82 Å². The Bertz CT molecular complexity index is 772. The van der Waals surface area contributed by atoms with Crippen LogP contribution in [0.25, 0.3) is 10.6 Å². The third-order valence-corrected chi connectivity index (χ3v) is 3.66. The van der Waals surface area contributed by atoms with Crippen LogP contribution in [0.3, 0.4) is 0 Å². The third kappa shape index (κ3) is 5.31. The van der Waals surface area contributed by atoms with Crippen molar-refractivity contribution in [3.05, 3.63) is 35.5 Å². The van der Waals surface area contributed by atoms with E-state index in [1.165, 1.54) is 11.3 Å². The number of anilines is 1. The summed E-state index contributed by atoms with van der Waals surface area (Å²) in [6, 6.07) is 7.53. The van der Waals surface area contributed by atoms with Gasteiger partial charge in [-0.1, -0.05) is 0 Å². The van der Waals surface area contributed by atoms with Crippen LogP contribution in [0.5, 0.6) is 5.75 Å². The van der Waals surface area contributed by atoms with Crippen molar-refractivity contribution in [1.82, 2.24) is 25.6 Å². The second-order valence-electron chi connectivity index (χ2n) is 4.48. The zero-order valence-electron chi connectivity index (χ0n) is 13.3. The SMILES string of the molecule is COc1ccc(-c2nc(NC(=O)c3nnn[nH]3)cs2)cc1.NCCO. The van der Waals surface area contributed by atoms with Gasteiger partial charge in [0.05, 0.1) is 13.7 Å². The van der Waals surface area contributed by atoms with Crippen LogP contribution in [0, 0.1) is 0 Å². The number of carbonyl (C=O) groups excluding carboxylic acids is 1. The summed E-state index contributed by atoms with van der Waals surface area (Å²) in [5.41, 5.74) is 5.72. The molecule has 2 heterocycles. The molecule has 2 aromatic heterocycles. The largest absolute Gasteiger partial charge is 0.497 e. The van der Waals surface area contributed by atoms with Crippen LogP contribution in [0.4, 0.5) is 5.82 Å². The fourth-order valence-electron chi connectivity index (χ4n) is 1.63. The Labute approximate surface area is 147 Å². The molecule has 3 aromatic rings. The van der Waals surface area contributed by atoms with Crippen molar-refractivity contribution in [2.75, 3.05) is 25.6 Å². The first-order valence-corrected chi connectivity index (χ1v) is 8.01. The average Bonchev–Trinajstić information content (AvgIpc) is 3.34. The number of ether oxygens (including phenoxy) is 1. The molecule has 0 saturated carbocycles. The van der Waals surface area contributed by atoms with Crippen LogP contribution in [0.2, 0.25) is 0 Å². The Balaban J connectivity index is 0.000000511. The molecule has 1 aromatic carbocycles. The van der Waals surface area contributed by atoms with Crippen LogP contribution >= 0.6 is 11.3 Å². The Morgan fingerprint density at radius 3 is 2.68 bits per heavy atom. The molecule has 0 radical (unpaired) electrons. The molecule has 25 heavy (non-hydrogen) atoms. The Hall–Kier alpha value is -2.89. The molecular weight excluding hydrogens is 346 g/mol. The van der Waals surface area contributed by atoms with Crippen molar-refractivity contribution >= 4 is 23.1 Å². The maximum Gasteiger partial charge on any atom is 0.296 e. The van der Waals surface area contributed by atoms with E-state index >= 15 is 0 Å². The molecule has 132 valence electrons. The van der Waals surface area contributed by atoms with Gasteiger partial charge in [-0.2, -0.15) is 0 Å². The highest BCUT2D eigenvalue weighted by molar-refractivity contribution is 7.13. The van der Waals surface area contributed by atoms with Crippen molar-refractivity contribution in [3.63, 3.8) is 0 Å². The smallest absolute Gasteiger partial charge is 0.296 e. The van der Waals surface area contributed by atoms with E-state index in [1.54, 1.807) is 12.5 Å². The van der Waals surface area contributed by atoms with E-state index in [1.807, 2.05) is 24.3 Å². The number of hydrogen-bond donors (Lipinski definition) is 4. The molecule has 5 N–H and O–H groups in total. The lowest BCUT2D eigenvalue weighted by molar-refractivity contribution is 0.101. The summed E-state index contributed by atoms with van der Waals surface area (Å²) in [5, 5.41) is 25.5. The van der Waals surface area contributed by atoms with Crippen molar-refractivity contribution in [2.45, 2.75) is 0 Å². The number of nitrogens with zero attached hydrogens (tertiary/aromatic N) is 4. The van der Waals surface area contributed by atoms with Gasteiger partial charge in [-0.15, -0.1) is 16.4 Å². The number of aromatic nitrogens is 5. The molecule has 0 fully saturated rings. The molecular formula is C14H17N7O3S. The second kappa shape index (κ2) is 9.42. The second-order valence-corrected chi connectivity index (χ2v) is 5.34. The van der Waals surface area contributed by atoms with Gasteiger partial charge in [0.1, 0.15) is 16.6 Å². The number of carbonyl (C=O) groups is 1. The summed E-state index contributed by atoms with van der Waals surface area (Å²) in [4.78, 5) is 16.1. The monoisotopic (exact) mass is 363 g/mol. The third-order valence-electron chi connectivity index (χ3n) is 2.77. The van der Waals surface area contributed by atoms with E-state index in [9.17, 15) is 4.79 Å². The van der Waals surface area contributed by atoms with E-state index in [0.717, 1.165) is 16.3 Å². The standard InChI is InChI=1S/C12H10N6O2S.C2H7NO/c1-20-8-4-2-7(3-5-8)12-14-9(6-21-12)13-11(19)10-15-17-18-16-10;3-1-2-4/h2-6H,1H3,(H,13,19)(H,15,16,17,18);4H,1-3H2. The zero-order valence-corrected chi connectivity index (χ0v) is 14.2. The molecule has 11 heteroatoms. The average molecular weight is 363 g/mol. The quantitative estimate of drug-likeness (QED) is 0.512. The number of nitrogens with one attached hydrogen (secondary N) is 2. The predicted molar refractivity (Wildman–Crippen MR) is 92.4 cm³/mol. The van der Waals surface area contributed by atoms with Crippen molar-refractivity contribution in [3.8, 4) is 16.3 Å². The molecule has 0 unspecified atom stereocenters. The van der Waals surface area contributed by atoms with Gasteiger partial charge in [-0.05, 0) is 34.7 Å². The number of methoxy groups -OCH3 is 1. The van der Waals surface area contributed by atoms with Gasteiger partial charge >= 0.3 is 0 Å². The van der Waals surface area contributed by atoms with E-state index in [2.05, 4.69) is 30.9 Å². The number of H-pyrrole nitrogens is 1. The van der Waals surface area contributed by atoms with Crippen LogP contribution in [0.1, 0.15) is 10.6 Å². The van der Waals surface area contributed by atoms with Gasteiger partial charge in [0, 0.05) is 17.5 Å². The van der Waals surface area contributed by atoms with Crippen LogP contribution in [-0.4, -0.2) is 56.9 Å². The molecule has 0 aliphatic heterocycles. The van der Waals surface area contributed by atoms with Crippen molar-refractivity contribution < 1.29 is 14.6 Å². The molecule has 0 aliphatic rings. The van der Waals surface area contributed by atoms with Crippen molar-refractivity contribution in [1.29, 1.82) is 0 Å². The summed E-state index contributed by atoms with van der Waals surface area (Å²) < 4.78 is 5.11. The summed E-state index contributed by atoms with van der Waals surface area (Å²) in [6.45, 7) is 0.472. The first kappa shape index (κ1) is 18.4. The number of aromatic amines is 1. The van der Waals surface area contributed by atoms with Crippen molar-refractivity contribution in [2.24, 2.45) is 5.73 Å². The number of nitrogens with two attached hydrogens (primary N) is 1. The highest BCUT2D eigenvalue weighted by atomic mass is 32.1. The lowest BCUT2D eigenvalue weighted by Gasteiger charge is -2.00. The van der Waals surface area contributed by atoms with Crippen LogP contribution in [-0.2, 0) is 0 Å². The summed E-state index contributed by atoms with van der Waals surface area (Å²) in [6.07, 6.45) is 0. The van der Waals surface area contributed by atoms with Gasteiger partial charge in [-0.3, -0.25) is 4.79 Å². The topological polar surface area (TPSA) is 152 Å². The Kier molecular flexibility index (Phi) is 6.95. The highest BCUT2D eigenvalue weighted by Crippen LogP contribution is 2.27. The number of thiazole rings is 1. The minimum Gasteiger partial charge on any atom is -0.497 e. The normalized spacial score (nSPS) is 9.88. The van der Waals surface area contributed by atoms with E-state index < -0.39 is 5.91 Å². The molecule has 0 atom stereocenters. The summed E-state index contributed by atoms with van der Waals surface area (Å²) in [7, 11) is 1.62. The number of amides is 1. The lowest BCUT2D eigenvalue weighted by atomic mass is 10.2. The van der Waals surface area contributed by atoms with Gasteiger partial charge in [-0.25, -0.2) is 10.1 Å². The predicted octanol–water partition coefficient (Wildman–Crippen LogP) is 0.521. The van der Waals surface area contributed by atoms with Crippen LogP contribution < -0.4 is 15.8 Å². The molecule has 10 nitrogen and oxygen atoms in total. The number of tetrazole rings is 1. The van der Waals surface area contributed by atoms with Crippen LogP contribution in [0.15, 0.2) is 29.6 Å². The number of rotatable bonds is 5. The van der Waals surface area contributed by atoms with E-state index in [-0.39, 0.29) is 12.4 Å². The fraction of sp³-hybridized carbons (Fsp3) is 0.214. The Morgan fingerprint density at radius 2 is 2.12 bits per heavy atom. The molecule has 3 rings (SSSR count). The number of hydrogen-bond acceptors (Lipinski definition) is 9. The highest BCUT2D eigenvalue weighted by Gasteiger charge is 2.12. The molecule has 0 aliphatic carbocycles. The maximum atomic E-state index is 11.8. The maximum absolute atomic E-state index is 11.8. The first-order valence-electron chi connectivity index (χ1n) is 7.14. The molecule has 1 amide bonds. The number of aliphatic hydroxyl groups is 1. The minimum atomic E-state index is -0.438.